The number of hydrogen-bond acceptors (Lipinski definition) is 3. The average Bonchev–Trinajstić information content (AvgIpc) is 3.03. The zero-order valence-electron chi connectivity index (χ0n) is 12.3. The van der Waals surface area contributed by atoms with Crippen LogP contribution in [-0.2, 0) is 26.9 Å². The van der Waals surface area contributed by atoms with E-state index in [0.29, 0.717) is 0 Å². The van der Waals surface area contributed by atoms with Crippen molar-refractivity contribution in [1.29, 1.82) is 0 Å². The van der Waals surface area contributed by atoms with Crippen molar-refractivity contribution in [3.63, 3.8) is 0 Å². The fourth-order valence-electron chi connectivity index (χ4n) is 2.43. The molecule has 0 amide bonds. The highest BCUT2D eigenvalue weighted by atomic mass is 19.4. The quantitative estimate of drug-likeness (QED) is 0.528. The second kappa shape index (κ2) is 6.32. The predicted octanol–water partition coefficient (Wildman–Crippen LogP) is 5.40. The van der Waals surface area contributed by atoms with E-state index in [-0.39, 0.29) is 11.1 Å². The second-order valence-corrected chi connectivity index (χ2v) is 5.16. The van der Waals surface area contributed by atoms with Crippen molar-refractivity contribution in [1.82, 2.24) is 0 Å². The summed E-state index contributed by atoms with van der Waals surface area (Å²) >= 11 is 0. The van der Waals surface area contributed by atoms with E-state index in [1.807, 2.05) is 0 Å². The first-order valence-corrected chi connectivity index (χ1v) is 6.98. The number of benzene rings is 2. The molecule has 3 nitrogen and oxygen atoms in total. The summed E-state index contributed by atoms with van der Waals surface area (Å²) in [6.07, 6.45) is -12.6. The molecule has 1 heterocycles. The first-order valence-electron chi connectivity index (χ1n) is 6.98. The van der Waals surface area contributed by atoms with Gasteiger partial charge in [-0.15, -0.1) is 0 Å². The summed E-state index contributed by atoms with van der Waals surface area (Å²) in [6, 6.07) is 8.86. The molecule has 2 atom stereocenters. The molecule has 0 spiro atoms. The van der Waals surface area contributed by atoms with Crippen LogP contribution >= 0.6 is 0 Å². The van der Waals surface area contributed by atoms with Crippen LogP contribution in [0.1, 0.15) is 34.8 Å². The summed E-state index contributed by atoms with van der Waals surface area (Å²) < 4.78 is 83.4. The van der Waals surface area contributed by atoms with Gasteiger partial charge in [0.25, 0.3) is 0 Å². The zero-order valence-corrected chi connectivity index (χ0v) is 12.3. The molecule has 25 heavy (non-hydrogen) atoms. The number of rotatable bonds is 2. The maximum atomic E-state index is 13.0. The molecule has 1 aliphatic rings. The molecule has 0 bridgehead atoms. The van der Waals surface area contributed by atoms with Crippen LogP contribution in [0.15, 0.2) is 48.5 Å². The maximum absolute atomic E-state index is 13.0. The van der Waals surface area contributed by atoms with Crippen LogP contribution in [0, 0.1) is 0 Å². The molecule has 1 saturated heterocycles. The number of halogens is 6. The topological polar surface area (TPSA) is 27.7 Å². The lowest BCUT2D eigenvalue weighted by atomic mass is 10.1. The SMILES string of the molecule is FC(F)(F)c1ccccc1C1OOC(c2ccccc2C(F)(F)F)O1. The zero-order chi connectivity index (χ0) is 18.2. The van der Waals surface area contributed by atoms with E-state index in [2.05, 4.69) is 0 Å². The lowest BCUT2D eigenvalue weighted by Gasteiger charge is -2.17. The molecule has 0 radical (unpaired) electrons. The first-order chi connectivity index (χ1) is 11.7. The normalized spacial score (nSPS) is 21.5. The lowest BCUT2D eigenvalue weighted by molar-refractivity contribution is -0.301. The van der Waals surface area contributed by atoms with Gasteiger partial charge < -0.3 is 4.74 Å². The average molecular weight is 364 g/mol. The van der Waals surface area contributed by atoms with Gasteiger partial charge in [-0.1, -0.05) is 36.4 Å². The van der Waals surface area contributed by atoms with Crippen LogP contribution in [0.3, 0.4) is 0 Å². The van der Waals surface area contributed by atoms with Gasteiger partial charge in [-0.25, -0.2) is 0 Å². The molecule has 9 heteroatoms. The molecule has 2 aromatic carbocycles. The van der Waals surface area contributed by atoms with Gasteiger partial charge in [0.15, 0.2) is 0 Å². The summed E-state index contributed by atoms with van der Waals surface area (Å²) in [5.41, 5.74) is -2.81. The minimum Gasteiger partial charge on any atom is -0.309 e. The molecule has 2 aromatic rings. The van der Waals surface area contributed by atoms with E-state index >= 15 is 0 Å². The van der Waals surface area contributed by atoms with E-state index in [0.717, 1.165) is 24.3 Å². The van der Waals surface area contributed by atoms with Gasteiger partial charge in [0.1, 0.15) is 0 Å². The second-order valence-electron chi connectivity index (χ2n) is 5.16. The number of alkyl halides is 6. The van der Waals surface area contributed by atoms with Crippen LogP contribution in [-0.4, -0.2) is 0 Å². The van der Waals surface area contributed by atoms with E-state index in [1.165, 1.54) is 24.3 Å². The Hall–Kier alpha value is -2.10. The molecule has 0 saturated carbocycles. The maximum Gasteiger partial charge on any atom is 0.416 e. The summed E-state index contributed by atoms with van der Waals surface area (Å²) in [6.45, 7) is 0. The van der Waals surface area contributed by atoms with Gasteiger partial charge >= 0.3 is 12.4 Å². The molecule has 0 aromatic heterocycles. The fraction of sp³-hybridized carbons (Fsp3) is 0.250. The molecular formula is C16H10F6O3. The highest BCUT2D eigenvalue weighted by molar-refractivity contribution is 5.33. The van der Waals surface area contributed by atoms with Gasteiger partial charge in [0.2, 0.25) is 12.6 Å². The summed E-state index contributed by atoms with van der Waals surface area (Å²) in [5.74, 6) is 0. The minimum atomic E-state index is -4.68. The third-order valence-corrected chi connectivity index (χ3v) is 3.52. The molecule has 134 valence electrons. The van der Waals surface area contributed by atoms with Crippen molar-refractivity contribution in [2.75, 3.05) is 0 Å². The van der Waals surface area contributed by atoms with Crippen molar-refractivity contribution in [2.24, 2.45) is 0 Å². The Morgan fingerprint density at radius 2 is 0.960 bits per heavy atom. The standard InChI is InChI=1S/C16H10F6O3/c17-15(18,19)11-7-3-1-5-9(11)13-23-14(25-24-13)10-6-2-4-8-12(10)16(20,21)22/h1-8,13-14H. The van der Waals surface area contributed by atoms with Crippen molar-refractivity contribution >= 4 is 0 Å². The van der Waals surface area contributed by atoms with Crippen LogP contribution < -0.4 is 0 Å². The highest BCUT2D eigenvalue weighted by Crippen LogP contribution is 2.44. The van der Waals surface area contributed by atoms with Crippen molar-refractivity contribution in [2.45, 2.75) is 24.9 Å². The number of hydrogen-bond donors (Lipinski definition) is 0. The van der Waals surface area contributed by atoms with Crippen molar-refractivity contribution < 1.29 is 40.9 Å². The smallest absolute Gasteiger partial charge is 0.309 e. The van der Waals surface area contributed by atoms with Gasteiger partial charge in [-0.3, -0.25) is 0 Å². The fourth-order valence-corrected chi connectivity index (χ4v) is 2.43. The highest BCUT2D eigenvalue weighted by Gasteiger charge is 2.42. The van der Waals surface area contributed by atoms with E-state index in [9.17, 15) is 26.3 Å². The predicted molar refractivity (Wildman–Crippen MR) is 71.6 cm³/mol. The summed E-state index contributed by atoms with van der Waals surface area (Å²) in [5, 5.41) is 0. The van der Waals surface area contributed by atoms with E-state index < -0.39 is 36.1 Å². The van der Waals surface area contributed by atoms with Gasteiger partial charge in [0.05, 0.1) is 11.1 Å². The Kier molecular flexibility index (Phi) is 4.48. The summed E-state index contributed by atoms with van der Waals surface area (Å²) in [4.78, 5) is 9.44. The van der Waals surface area contributed by atoms with Gasteiger partial charge in [-0.05, 0) is 12.1 Å². The van der Waals surface area contributed by atoms with E-state index in [1.54, 1.807) is 0 Å². The van der Waals surface area contributed by atoms with Gasteiger partial charge in [-0.2, -0.15) is 36.1 Å². The monoisotopic (exact) mass is 364 g/mol. The van der Waals surface area contributed by atoms with Crippen molar-refractivity contribution in [3.05, 3.63) is 70.8 Å². The Morgan fingerprint density at radius 1 is 0.600 bits per heavy atom. The molecule has 2 unspecified atom stereocenters. The Bertz CT molecular complexity index is 693. The summed E-state index contributed by atoms with van der Waals surface area (Å²) in [7, 11) is 0. The Morgan fingerprint density at radius 3 is 1.32 bits per heavy atom. The van der Waals surface area contributed by atoms with Gasteiger partial charge in [0, 0.05) is 11.1 Å². The number of ether oxygens (including phenoxy) is 1. The van der Waals surface area contributed by atoms with Crippen LogP contribution in [0.25, 0.3) is 0 Å². The lowest BCUT2D eigenvalue weighted by Crippen LogP contribution is -2.14. The molecule has 1 aliphatic heterocycles. The van der Waals surface area contributed by atoms with Crippen LogP contribution in [0.2, 0.25) is 0 Å². The Labute approximate surface area is 137 Å². The first kappa shape index (κ1) is 17.7. The third-order valence-electron chi connectivity index (χ3n) is 3.52. The van der Waals surface area contributed by atoms with Crippen LogP contribution in [0.5, 0.6) is 0 Å². The largest absolute Gasteiger partial charge is 0.416 e. The molecule has 3 rings (SSSR count). The minimum absolute atomic E-state index is 0.387. The van der Waals surface area contributed by atoms with E-state index in [4.69, 9.17) is 14.5 Å². The molecule has 0 N–H and O–H groups in total. The molecule has 1 fully saturated rings. The van der Waals surface area contributed by atoms with Crippen LogP contribution in [0.4, 0.5) is 26.3 Å². The third kappa shape index (κ3) is 3.63. The van der Waals surface area contributed by atoms with Crippen molar-refractivity contribution in [3.8, 4) is 0 Å². The molecule has 0 aliphatic carbocycles. The molecular weight excluding hydrogens is 354 g/mol. The Balaban J connectivity index is 1.90.